The van der Waals surface area contributed by atoms with E-state index < -0.39 is 23.0 Å². The van der Waals surface area contributed by atoms with Gasteiger partial charge in [0, 0.05) is 16.6 Å². The van der Waals surface area contributed by atoms with Crippen LogP contribution in [0.15, 0.2) is 35.2 Å². The van der Waals surface area contributed by atoms with E-state index in [4.69, 9.17) is 10.8 Å². The smallest absolute Gasteiger partial charge is 0.337 e. The molecule has 8 heteroatoms. The maximum Gasteiger partial charge on any atom is 0.337 e. The third kappa shape index (κ3) is 3.01. The quantitative estimate of drug-likeness (QED) is 0.451. The summed E-state index contributed by atoms with van der Waals surface area (Å²) in [7, 11) is 0. The number of hydrogen-bond acceptors (Lipinski definition) is 4. The molecule has 0 bridgehead atoms. The number of benzene rings is 2. The molecular weight excluding hydrogens is 362 g/mol. The summed E-state index contributed by atoms with van der Waals surface area (Å²) in [5.41, 5.74) is 6.85. The molecule has 1 heterocycles. The lowest BCUT2D eigenvalue weighted by Gasteiger charge is -2.36. The molecule has 0 atom stereocenters. The molecule has 26 heavy (non-hydrogen) atoms. The van der Waals surface area contributed by atoms with Crippen LogP contribution in [0.3, 0.4) is 0 Å². The Kier molecular flexibility index (Phi) is 4.62. The van der Waals surface area contributed by atoms with Gasteiger partial charge in [0.05, 0.1) is 16.7 Å². The number of nitrogens with two attached hydrogens (primary N) is 1. The van der Waals surface area contributed by atoms with Gasteiger partial charge in [0.2, 0.25) is 5.91 Å². The van der Waals surface area contributed by atoms with Gasteiger partial charge in [0.25, 0.3) is 0 Å². The van der Waals surface area contributed by atoms with Crippen LogP contribution in [0.5, 0.6) is 0 Å². The van der Waals surface area contributed by atoms with Crippen molar-refractivity contribution in [2.45, 2.75) is 29.6 Å². The van der Waals surface area contributed by atoms with Crippen molar-refractivity contribution in [2.24, 2.45) is 0 Å². The Morgan fingerprint density at radius 3 is 2.42 bits per heavy atom. The van der Waals surface area contributed by atoms with E-state index in [2.05, 4.69) is 17.9 Å². The molecule has 1 aliphatic heterocycles. The van der Waals surface area contributed by atoms with Gasteiger partial charge in [-0.2, -0.15) is 0 Å². The minimum absolute atomic E-state index is 0.0807. The van der Waals surface area contributed by atoms with Crippen LogP contribution in [0, 0.1) is 11.6 Å². The van der Waals surface area contributed by atoms with E-state index in [1.807, 2.05) is 0 Å². The number of halogens is 2. The van der Waals surface area contributed by atoms with Crippen LogP contribution in [0.25, 0.3) is 0 Å². The molecule has 0 radical (unpaired) electrons. The van der Waals surface area contributed by atoms with Gasteiger partial charge in [-0.1, -0.05) is 6.42 Å². The van der Waals surface area contributed by atoms with Crippen LogP contribution in [0.4, 0.5) is 20.2 Å². The zero-order valence-corrected chi connectivity index (χ0v) is 14.4. The number of anilines is 2. The van der Waals surface area contributed by atoms with E-state index >= 15 is 0 Å². The fraction of sp³-hybridized carbons (Fsp3) is 0.222. The van der Waals surface area contributed by atoms with Crippen LogP contribution in [-0.2, 0) is 10.2 Å². The fourth-order valence-corrected chi connectivity index (χ4v) is 3.35. The monoisotopic (exact) mass is 378 g/mol. The number of thiol groups is 1. The molecule has 4 rings (SSSR count). The van der Waals surface area contributed by atoms with Gasteiger partial charge in [0.1, 0.15) is 11.6 Å². The summed E-state index contributed by atoms with van der Waals surface area (Å²) in [5.74, 6) is -2.36. The highest BCUT2D eigenvalue weighted by atomic mass is 32.1. The number of hydrogen-bond donors (Lipinski definition) is 4. The van der Waals surface area contributed by atoms with E-state index in [9.17, 15) is 18.4 Å². The number of carbonyl (C=O) groups excluding carboxylic acids is 1. The number of aromatic carboxylic acids is 1. The van der Waals surface area contributed by atoms with Gasteiger partial charge in [-0.25, -0.2) is 13.6 Å². The Balaban J connectivity index is 0.000000185. The zero-order valence-electron chi connectivity index (χ0n) is 13.6. The molecule has 4 N–H and O–H groups in total. The Morgan fingerprint density at radius 1 is 1.23 bits per heavy atom. The molecule has 1 aliphatic carbocycles. The molecule has 0 aromatic heterocycles. The summed E-state index contributed by atoms with van der Waals surface area (Å²) in [5, 5.41) is 11.8. The minimum Gasteiger partial charge on any atom is -0.478 e. The fourth-order valence-electron chi connectivity index (χ4n) is 3.21. The lowest BCUT2D eigenvalue weighted by Crippen LogP contribution is -2.40. The molecule has 0 unspecified atom stereocenters. The Hall–Kier alpha value is -2.61. The summed E-state index contributed by atoms with van der Waals surface area (Å²) in [6.07, 6.45) is 2.53. The first-order chi connectivity index (χ1) is 12.2. The number of nitrogens with one attached hydrogen (secondary N) is 1. The highest BCUT2D eigenvalue weighted by Crippen LogP contribution is 2.52. The van der Waals surface area contributed by atoms with Gasteiger partial charge >= 0.3 is 5.97 Å². The molecule has 5 nitrogen and oxygen atoms in total. The van der Waals surface area contributed by atoms with Crippen LogP contribution in [0.1, 0.15) is 35.2 Å². The first-order valence-electron chi connectivity index (χ1n) is 7.87. The Bertz CT molecular complexity index is 914. The normalized spacial score (nSPS) is 16.2. The van der Waals surface area contributed by atoms with Crippen molar-refractivity contribution in [3.8, 4) is 0 Å². The number of amides is 1. The van der Waals surface area contributed by atoms with E-state index in [-0.39, 0.29) is 16.4 Å². The van der Waals surface area contributed by atoms with Gasteiger partial charge in [-0.05, 0) is 42.7 Å². The molecule has 2 aliphatic rings. The summed E-state index contributed by atoms with van der Waals surface area (Å²) < 4.78 is 24.3. The van der Waals surface area contributed by atoms with Crippen LogP contribution in [-0.4, -0.2) is 17.0 Å². The third-order valence-electron chi connectivity index (χ3n) is 4.70. The molecule has 2 aromatic carbocycles. The molecule has 1 saturated carbocycles. The van der Waals surface area contributed by atoms with E-state index in [0.29, 0.717) is 11.4 Å². The summed E-state index contributed by atoms with van der Waals surface area (Å²) >= 11 is 3.70. The standard InChI is InChI=1S/C12H12N2O3.C6H4F2S/c13-6-4-7(10(15)16)9-8(5-6)12(2-1-3-12)11(17)14-9;7-4-1-2-6(9)5(8)3-4/h4-5H,1-3,13H2,(H,14,17)(H,15,16);1-3,9H. The average Bonchev–Trinajstić information content (AvgIpc) is 2.82. The predicted molar refractivity (Wildman–Crippen MR) is 95.6 cm³/mol. The Labute approximate surface area is 153 Å². The Morgan fingerprint density at radius 2 is 1.92 bits per heavy atom. The molecule has 136 valence electrons. The number of rotatable bonds is 1. The summed E-state index contributed by atoms with van der Waals surface area (Å²) in [6, 6.07) is 6.33. The molecule has 0 saturated heterocycles. The second kappa shape index (κ2) is 6.60. The maximum absolute atomic E-state index is 12.3. The van der Waals surface area contributed by atoms with Gasteiger partial charge in [-0.15, -0.1) is 12.6 Å². The summed E-state index contributed by atoms with van der Waals surface area (Å²) in [6.45, 7) is 0. The topological polar surface area (TPSA) is 92.4 Å². The van der Waals surface area contributed by atoms with E-state index in [1.54, 1.807) is 6.07 Å². The predicted octanol–water partition coefficient (Wildman–Crippen LogP) is 3.59. The van der Waals surface area contributed by atoms with Crippen molar-refractivity contribution in [1.82, 2.24) is 0 Å². The first-order valence-corrected chi connectivity index (χ1v) is 8.32. The lowest BCUT2D eigenvalue weighted by molar-refractivity contribution is -0.123. The average molecular weight is 378 g/mol. The van der Waals surface area contributed by atoms with Crippen molar-refractivity contribution >= 4 is 35.9 Å². The molecule has 2 aromatic rings. The van der Waals surface area contributed by atoms with Crippen molar-refractivity contribution in [3.63, 3.8) is 0 Å². The number of carboxylic acids is 1. The number of fused-ring (bicyclic) bond motifs is 2. The highest BCUT2D eigenvalue weighted by molar-refractivity contribution is 7.80. The van der Waals surface area contributed by atoms with Crippen LogP contribution < -0.4 is 11.1 Å². The van der Waals surface area contributed by atoms with Crippen molar-refractivity contribution < 1.29 is 23.5 Å². The lowest BCUT2D eigenvalue weighted by atomic mass is 9.65. The molecule has 1 spiro atoms. The minimum atomic E-state index is -1.06. The van der Waals surface area contributed by atoms with Crippen LogP contribution >= 0.6 is 12.6 Å². The largest absolute Gasteiger partial charge is 0.478 e. The SMILES string of the molecule is Fc1ccc(S)c(F)c1.Nc1cc(C(=O)O)c2c(c1)C1(CCC1)C(=O)N2. The second-order valence-electron chi connectivity index (χ2n) is 6.28. The highest BCUT2D eigenvalue weighted by Gasteiger charge is 2.52. The van der Waals surface area contributed by atoms with Crippen molar-refractivity contribution in [3.05, 3.63) is 53.1 Å². The maximum atomic E-state index is 12.3. The third-order valence-corrected chi connectivity index (χ3v) is 5.06. The van der Waals surface area contributed by atoms with Gasteiger partial charge in [-0.3, -0.25) is 4.79 Å². The molecular formula is C18H16F2N2O3S. The molecule has 1 fully saturated rings. The summed E-state index contributed by atoms with van der Waals surface area (Å²) in [4.78, 5) is 23.3. The van der Waals surface area contributed by atoms with Crippen molar-refractivity contribution in [2.75, 3.05) is 11.1 Å². The van der Waals surface area contributed by atoms with Crippen LogP contribution in [0.2, 0.25) is 0 Å². The first kappa shape index (κ1) is 18.2. The van der Waals surface area contributed by atoms with E-state index in [1.165, 1.54) is 12.1 Å². The zero-order chi connectivity index (χ0) is 19.1. The van der Waals surface area contributed by atoms with Gasteiger partial charge < -0.3 is 16.2 Å². The van der Waals surface area contributed by atoms with Gasteiger partial charge in [0.15, 0.2) is 0 Å². The van der Waals surface area contributed by atoms with Crippen molar-refractivity contribution in [1.29, 1.82) is 0 Å². The van der Waals surface area contributed by atoms with E-state index in [0.717, 1.165) is 37.0 Å². The second-order valence-corrected chi connectivity index (χ2v) is 6.76. The number of carbonyl (C=O) groups is 2. The molecule has 1 amide bonds. The number of nitrogen functional groups attached to an aromatic ring is 1. The number of carboxylic acid groups (broad SMARTS) is 1.